The Labute approximate surface area is 179 Å². The van der Waals surface area contributed by atoms with Crippen LogP contribution in [0.2, 0.25) is 5.02 Å². The van der Waals surface area contributed by atoms with Crippen molar-refractivity contribution in [3.05, 3.63) is 65.2 Å². The Balaban J connectivity index is 1.63. The topological polar surface area (TPSA) is 74.7 Å². The van der Waals surface area contributed by atoms with E-state index in [0.717, 1.165) is 16.7 Å². The Morgan fingerprint density at radius 2 is 1.77 bits per heavy atom. The van der Waals surface area contributed by atoms with Gasteiger partial charge in [-0.05, 0) is 18.2 Å². The second kappa shape index (κ2) is 8.63. The quantitative estimate of drug-likeness (QED) is 0.642. The van der Waals surface area contributed by atoms with Crippen LogP contribution in [-0.4, -0.2) is 40.5 Å². The first-order valence-corrected chi connectivity index (χ1v) is 10.2. The first kappa shape index (κ1) is 20.0. The van der Waals surface area contributed by atoms with Crippen LogP contribution in [0.15, 0.2) is 59.7 Å². The Morgan fingerprint density at radius 3 is 2.50 bits per heavy atom. The van der Waals surface area contributed by atoms with E-state index in [-0.39, 0.29) is 11.8 Å². The number of pyridine rings is 1. The number of carbonyl (C=O) groups excluding carboxylic acids is 2. The Bertz CT molecular complexity index is 1150. The number of aromatic nitrogens is 1. The molecule has 152 valence electrons. The number of nitrogens with one attached hydrogen (secondary N) is 1. The predicted octanol–water partition coefficient (Wildman–Crippen LogP) is 4.28. The Kier molecular flexibility index (Phi) is 5.77. The van der Waals surface area contributed by atoms with Crippen LogP contribution in [0.1, 0.15) is 30.1 Å². The number of piperidine rings is 1. The SMILES string of the molecule is CC(=O)N1CCC(=NNC(=O)c2cc(-c3ccccc3Cl)nc3ccccc23)CC1. The lowest BCUT2D eigenvalue weighted by Gasteiger charge is -2.26. The summed E-state index contributed by atoms with van der Waals surface area (Å²) >= 11 is 6.35. The third kappa shape index (κ3) is 4.19. The molecule has 0 unspecified atom stereocenters. The van der Waals surface area contributed by atoms with E-state index in [4.69, 9.17) is 11.6 Å². The number of hydrogen-bond donors (Lipinski definition) is 1. The number of para-hydroxylation sites is 1. The van der Waals surface area contributed by atoms with Gasteiger partial charge in [-0.15, -0.1) is 0 Å². The molecular weight excluding hydrogens is 400 g/mol. The standard InChI is InChI=1S/C23H21ClN4O2/c1-15(29)28-12-10-16(11-13-28)26-27-23(30)19-14-22(18-7-2-4-8-20(18)24)25-21-9-5-3-6-17(19)21/h2-9,14H,10-13H2,1H3,(H,27,30). The normalized spacial score (nSPS) is 13.9. The molecule has 1 saturated heterocycles. The first-order chi connectivity index (χ1) is 14.5. The van der Waals surface area contributed by atoms with Crippen molar-refractivity contribution >= 4 is 40.0 Å². The van der Waals surface area contributed by atoms with Crippen molar-refractivity contribution in [1.82, 2.24) is 15.3 Å². The van der Waals surface area contributed by atoms with E-state index in [0.29, 0.717) is 47.7 Å². The van der Waals surface area contributed by atoms with Gasteiger partial charge in [-0.1, -0.05) is 48.0 Å². The number of nitrogens with zero attached hydrogens (tertiary/aromatic N) is 3. The van der Waals surface area contributed by atoms with Gasteiger partial charge in [0.15, 0.2) is 0 Å². The molecule has 0 atom stereocenters. The zero-order valence-corrected chi connectivity index (χ0v) is 17.3. The van der Waals surface area contributed by atoms with E-state index in [1.54, 1.807) is 24.0 Å². The first-order valence-electron chi connectivity index (χ1n) is 9.79. The summed E-state index contributed by atoms with van der Waals surface area (Å²) in [5.74, 6) is -0.239. The van der Waals surface area contributed by atoms with Gasteiger partial charge in [0, 0.05) is 54.5 Å². The number of likely N-dealkylation sites (tertiary alicyclic amines) is 1. The molecule has 1 N–H and O–H groups in total. The zero-order valence-electron chi connectivity index (χ0n) is 16.6. The molecule has 3 aromatic rings. The highest BCUT2D eigenvalue weighted by atomic mass is 35.5. The van der Waals surface area contributed by atoms with Crippen LogP contribution in [0.5, 0.6) is 0 Å². The average Bonchev–Trinajstić information content (AvgIpc) is 2.77. The fourth-order valence-corrected chi connectivity index (χ4v) is 3.78. The van der Waals surface area contributed by atoms with Crippen molar-refractivity contribution in [3.63, 3.8) is 0 Å². The third-order valence-electron chi connectivity index (χ3n) is 5.21. The summed E-state index contributed by atoms with van der Waals surface area (Å²) in [4.78, 5) is 30.9. The summed E-state index contributed by atoms with van der Waals surface area (Å²) < 4.78 is 0. The second-order valence-corrected chi connectivity index (χ2v) is 7.58. The highest BCUT2D eigenvalue weighted by Crippen LogP contribution is 2.29. The summed E-state index contributed by atoms with van der Waals surface area (Å²) in [5, 5.41) is 5.63. The van der Waals surface area contributed by atoms with Crippen LogP contribution >= 0.6 is 11.6 Å². The average molecular weight is 421 g/mol. The number of amides is 2. The van der Waals surface area contributed by atoms with Gasteiger partial charge in [-0.2, -0.15) is 5.10 Å². The van der Waals surface area contributed by atoms with E-state index in [9.17, 15) is 9.59 Å². The molecule has 4 rings (SSSR count). The summed E-state index contributed by atoms with van der Waals surface area (Å²) in [6.45, 7) is 2.81. The number of carbonyl (C=O) groups is 2. The Hall–Kier alpha value is -3.25. The van der Waals surface area contributed by atoms with Gasteiger partial charge in [-0.25, -0.2) is 10.4 Å². The van der Waals surface area contributed by atoms with E-state index >= 15 is 0 Å². The summed E-state index contributed by atoms with van der Waals surface area (Å²) in [5.41, 5.74) is 6.16. The molecule has 1 aromatic heterocycles. The molecule has 0 bridgehead atoms. The van der Waals surface area contributed by atoms with Crippen LogP contribution in [0.4, 0.5) is 0 Å². The molecule has 6 nitrogen and oxygen atoms in total. The minimum absolute atomic E-state index is 0.0634. The van der Waals surface area contributed by atoms with Gasteiger partial charge in [0.2, 0.25) is 5.91 Å². The fourth-order valence-electron chi connectivity index (χ4n) is 3.55. The summed E-state index contributed by atoms with van der Waals surface area (Å²) in [6, 6.07) is 16.7. The summed E-state index contributed by atoms with van der Waals surface area (Å²) in [7, 11) is 0. The highest BCUT2D eigenvalue weighted by Gasteiger charge is 2.18. The lowest BCUT2D eigenvalue weighted by atomic mass is 10.0. The van der Waals surface area contributed by atoms with Crippen LogP contribution in [0.3, 0.4) is 0 Å². The molecule has 0 aliphatic carbocycles. The smallest absolute Gasteiger partial charge is 0.272 e. The molecule has 1 aliphatic heterocycles. The molecule has 30 heavy (non-hydrogen) atoms. The lowest BCUT2D eigenvalue weighted by Crippen LogP contribution is -2.37. The highest BCUT2D eigenvalue weighted by molar-refractivity contribution is 6.33. The van der Waals surface area contributed by atoms with Crippen LogP contribution in [0.25, 0.3) is 22.2 Å². The van der Waals surface area contributed by atoms with Crippen molar-refractivity contribution in [2.75, 3.05) is 13.1 Å². The largest absolute Gasteiger partial charge is 0.342 e. The van der Waals surface area contributed by atoms with Crippen LogP contribution in [-0.2, 0) is 4.79 Å². The number of fused-ring (bicyclic) bond motifs is 1. The van der Waals surface area contributed by atoms with Gasteiger partial charge >= 0.3 is 0 Å². The molecule has 1 fully saturated rings. The van der Waals surface area contributed by atoms with Gasteiger partial charge < -0.3 is 4.90 Å². The zero-order chi connectivity index (χ0) is 21.1. The number of hydrogen-bond acceptors (Lipinski definition) is 4. The van der Waals surface area contributed by atoms with Crippen molar-refractivity contribution < 1.29 is 9.59 Å². The molecular formula is C23H21ClN4O2. The number of benzene rings is 2. The molecule has 2 amide bonds. The van der Waals surface area contributed by atoms with E-state index in [2.05, 4.69) is 15.5 Å². The minimum Gasteiger partial charge on any atom is -0.342 e. The summed E-state index contributed by atoms with van der Waals surface area (Å²) in [6.07, 6.45) is 1.31. The maximum atomic E-state index is 13.0. The molecule has 0 radical (unpaired) electrons. The second-order valence-electron chi connectivity index (χ2n) is 7.18. The molecule has 1 aliphatic rings. The lowest BCUT2D eigenvalue weighted by molar-refractivity contribution is -0.128. The minimum atomic E-state index is -0.302. The maximum absolute atomic E-state index is 13.0. The third-order valence-corrected chi connectivity index (χ3v) is 5.54. The van der Waals surface area contributed by atoms with E-state index < -0.39 is 0 Å². The van der Waals surface area contributed by atoms with Gasteiger partial charge in [-0.3, -0.25) is 9.59 Å². The molecule has 7 heteroatoms. The fraction of sp³-hybridized carbons (Fsp3) is 0.217. The Morgan fingerprint density at radius 1 is 1.07 bits per heavy atom. The maximum Gasteiger partial charge on any atom is 0.272 e. The number of hydrazone groups is 1. The van der Waals surface area contributed by atoms with Crippen molar-refractivity contribution in [1.29, 1.82) is 0 Å². The molecule has 0 spiro atoms. The molecule has 0 saturated carbocycles. The predicted molar refractivity (Wildman–Crippen MR) is 119 cm³/mol. The van der Waals surface area contributed by atoms with Gasteiger partial charge in [0.25, 0.3) is 5.91 Å². The van der Waals surface area contributed by atoms with Crippen molar-refractivity contribution in [3.8, 4) is 11.3 Å². The van der Waals surface area contributed by atoms with Crippen molar-refractivity contribution in [2.24, 2.45) is 5.10 Å². The molecule has 2 heterocycles. The number of halogens is 1. The van der Waals surface area contributed by atoms with Gasteiger partial charge in [0.05, 0.1) is 16.8 Å². The number of rotatable bonds is 3. The van der Waals surface area contributed by atoms with Gasteiger partial charge in [0.1, 0.15) is 0 Å². The van der Waals surface area contributed by atoms with E-state index in [1.165, 1.54) is 0 Å². The van der Waals surface area contributed by atoms with Crippen LogP contribution < -0.4 is 5.43 Å². The molecule has 2 aromatic carbocycles. The van der Waals surface area contributed by atoms with E-state index in [1.807, 2.05) is 42.5 Å². The van der Waals surface area contributed by atoms with Crippen LogP contribution in [0, 0.1) is 0 Å². The monoisotopic (exact) mass is 420 g/mol. The van der Waals surface area contributed by atoms with Crippen molar-refractivity contribution in [2.45, 2.75) is 19.8 Å².